The van der Waals surface area contributed by atoms with Crippen LogP contribution in [0.5, 0.6) is 0 Å². The van der Waals surface area contributed by atoms with Crippen molar-refractivity contribution in [1.29, 1.82) is 0 Å². The zero-order valence-corrected chi connectivity index (χ0v) is 14.7. The summed E-state index contributed by atoms with van der Waals surface area (Å²) in [6, 6.07) is 31.3. The SMILES string of the molecule is O=C(Nc1ccccc1)n1nccc1C(c1ccccc1)c1ccccc1. The molecule has 27 heavy (non-hydrogen) atoms. The first kappa shape index (κ1) is 16.8. The van der Waals surface area contributed by atoms with Gasteiger partial charge < -0.3 is 5.32 Å². The van der Waals surface area contributed by atoms with E-state index in [0.29, 0.717) is 0 Å². The average Bonchev–Trinajstić information content (AvgIpc) is 3.20. The minimum atomic E-state index is -0.280. The molecule has 1 heterocycles. The number of hydrogen-bond acceptors (Lipinski definition) is 2. The van der Waals surface area contributed by atoms with E-state index >= 15 is 0 Å². The molecular weight excluding hydrogens is 334 g/mol. The molecular formula is C23H19N3O. The number of hydrogen-bond donors (Lipinski definition) is 1. The molecule has 0 aliphatic rings. The number of anilines is 1. The van der Waals surface area contributed by atoms with Crippen molar-refractivity contribution >= 4 is 11.7 Å². The van der Waals surface area contributed by atoms with Gasteiger partial charge in [-0.25, -0.2) is 4.79 Å². The number of nitrogens with one attached hydrogen (secondary N) is 1. The van der Waals surface area contributed by atoms with E-state index in [-0.39, 0.29) is 11.9 Å². The Bertz CT molecular complexity index is 972. The van der Waals surface area contributed by atoms with E-state index in [0.717, 1.165) is 22.5 Å². The van der Waals surface area contributed by atoms with Gasteiger partial charge in [0.15, 0.2) is 0 Å². The summed E-state index contributed by atoms with van der Waals surface area (Å²) in [5.74, 6) is -0.0866. The predicted octanol–water partition coefficient (Wildman–Crippen LogP) is 5.14. The Morgan fingerprint density at radius 3 is 1.81 bits per heavy atom. The van der Waals surface area contributed by atoms with Crippen LogP contribution in [0.25, 0.3) is 0 Å². The Kier molecular flexibility index (Phi) is 4.79. The Morgan fingerprint density at radius 2 is 1.26 bits per heavy atom. The molecule has 4 nitrogen and oxygen atoms in total. The molecule has 0 fully saturated rings. The summed E-state index contributed by atoms with van der Waals surface area (Å²) in [5.41, 5.74) is 3.77. The molecule has 0 unspecified atom stereocenters. The smallest absolute Gasteiger partial charge is 0.306 e. The lowest BCUT2D eigenvalue weighted by Gasteiger charge is -2.19. The molecule has 1 N–H and O–H groups in total. The minimum absolute atomic E-state index is 0.0866. The summed E-state index contributed by atoms with van der Waals surface area (Å²) < 4.78 is 1.44. The maximum absolute atomic E-state index is 12.9. The van der Waals surface area contributed by atoms with Gasteiger partial charge in [-0.2, -0.15) is 9.78 Å². The third-order valence-corrected chi connectivity index (χ3v) is 4.45. The first-order valence-electron chi connectivity index (χ1n) is 8.83. The zero-order chi connectivity index (χ0) is 18.5. The van der Waals surface area contributed by atoms with E-state index in [4.69, 9.17) is 0 Å². The number of benzene rings is 3. The topological polar surface area (TPSA) is 46.9 Å². The fourth-order valence-electron chi connectivity index (χ4n) is 3.22. The molecule has 0 bridgehead atoms. The van der Waals surface area contributed by atoms with Crippen LogP contribution in [0.4, 0.5) is 10.5 Å². The van der Waals surface area contributed by atoms with Crippen molar-refractivity contribution in [1.82, 2.24) is 9.78 Å². The predicted molar refractivity (Wildman–Crippen MR) is 107 cm³/mol. The third kappa shape index (κ3) is 3.65. The fourth-order valence-corrected chi connectivity index (χ4v) is 3.22. The highest BCUT2D eigenvalue weighted by Gasteiger charge is 2.23. The lowest BCUT2D eigenvalue weighted by molar-refractivity contribution is 0.250. The highest BCUT2D eigenvalue weighted by molar-refractivity contribution is 5.91. The van der Waals surface area contributed by atoms with Crippen LogP contribution in [0, 0.1) is 0 Å². The minimum Gasteiger partial charge on any atom is -0.306 e. The molecule has 0 aliphatic heterocycles. The van der Waals surface area contributed by atoms with Crippen molar-refractivity contribution in [2.24, 2.45) is 0 Å². The van der Waals surface area contributed by atoms with Crippen molar-refractivity contribution in [2.45, 2.75) is 5.92 Å². The van der Waals surface area contributed by atoms with Gasteiger partial charge in [0.2, 0.25) is 0 Å². The van der Waals surface area contributed by atoms with Crippen LogP contribution in [-0.2, 0) is 0 Å². The molecule has 0 saturated heterocycles. The quantitative estimate of drug-likeness (QED) is 0.552. The normalized spacial score (nSPS) is 10.7. The van der Waals surface area contributed by atoms with E-state index < -0.39 is 0 Å². The van der Waals surface area contributed by atoms with Crippen LogP contribution in [0.2, 0.25) is 0 Å². The highest BCUT2D eigenvalue weighted by atomic mass is 16.2. The molecule has 3 aromatic carbocycles. The van der Waals surface area contributed by atoms with Gasteiger partial charge in [0.25, 0.3) is 0 Å². The average molecular weight is 353 g/mol. The van der Waals surface area contributed by atoms with Crippen molar-refractivity contribution in [3.63, 3.8) is 0 Å². The summed E-state index contributed by atoms with van der Waals surface area (Å²) in [6.07, 6.45) is 1.67. The van der Waals surface area contributed by atoms with E-state index in [1.807, 2.05) is 72.8 Å². The Labute approximate surface area is 158 Å². The number of aromatic nitrogens is 2. The van der Waals surface area contributed by atoms with Crippen LogP contribution < -0.4 is 5.32 Å². The van der Waals surface area contributed by atoms with E-state index in [2.05, 4.69) is 34.7 Å². The van der Waals surface area contributed by atoms with Crippen LogP contribution >= 0.6 is 0 Å². The van der Waals surface area contributed by atoms with Crippen molar-refractivity contribution < 1.29 is 4.79 Å². The van der Waals surface area contributed by atoms with Crippen LogP contribution in [-0.4, -0.2) is 15.8 Å². The molecule has 132 valence electrons. The molecule has 0 spiro atoms. The van der Waals surface area contributed by atoms with Gasteiger partial charge in [0, 0.05) is 11.9 Å². The zero-order valence-electron chi connectivity index (χ0n) is 14.7. The first-order chi connectivity index (χ1) is 13.3. The van der Waals surface area contributed by atoms with E-state index in [1.54, 1.807) is 6.20 Å². The second-order valence-electron chi connectivity index (χ2n) is 6.22. The lowest BCUT2D eigenvalue weighted by atomic mass is 9.88. The molecule has 1 aromatic heterocycles. The second kappa shape index (κ2) is 7.70. The van der Waals surface area contributed by atoms with Crippen molar-refractivity contribution in [3.8, 4) is 0 Å². The second-order valence-corrected chi connectivity index (χ2v) is 6.22. The fraction of sp³-hybridized carbons (Fsp3) is 0.0435. The van der Waals surface area contributed by atoms with Crippen molar-refractivity contribution in [3.05, 3.63) is 120 Å². The Morgan fingerprint density at radius 1 is 0.741 bits per heavy atom. The summed E-state index contributed by atoms with van der Waals surface area (Å²) in [6.45, 7) is 0. The van der Waals surface area contributed by atoms with Gasteiger partial charge in [-0.15, -0.1) is 0 Å². The molecule has 0 atom stereocenters. The summed E-state index contributed by atoms with van der Waals surface area (Å²) >= 11 is 0. The van der Waals surface area contributed by atoms with E-state index in [1.165, 1.54) is 4.68 Å². The van der Waals surface area contributed by atoms with Crippen molar-refractivity contribution in [2.75, 3.05) is 5.32 Å². The summed E-state index contributed by atoms with van der Waals surface area (Å²) in [7, 11) is 0. The first-order valence-corrected chi connectivity index (χ1v) is 8.83. The summed E-state index contributed by atoms with van der Waals surface area (Å²) in [5, 5.41) is 7.19. The number of carbonyl (C=O) groups is 1. The highest BCUT2D eigenvalue weighted by Crippen LogP contribution is 2.31. The molecule has 0 aliphatic carbocycles. The maximum Gasteiger partial charge on any atom is 0.346 e. The largest absolute Gasteiger partial charge is 0.346 e. The molecule has 0 saturated carbocycles. The Balaban J connectivity index is 1.74. The van der Waals surface area contributed by atoms with Gasteiger partial charge >= 0.3 is 6.03 Å². The summed E-state index contributed by atoms with van der Waals surface area (Å²) in [4.78, 5) is 12.9. The number of para-hydroxylation sites is 1. The molecule has 4 rings (SSSR count). The van der Waals surface area contributed by atoms with Gasteiger partial charge in [-0.1, -0.05) is 78.9 Å². The number of nitrogens with zero attached hydrogens (tertiary/aromatic N) is 2. The van der Waals surface area contributed by atoms with E-state index in [9.17, 15) is 4.79 Å². The number of carbonyl (C=O) groups excluding carboxylic acids is 1. The molecule has 0 radical (unpaired) electrons. The van der Waals surface area contributed by atoms with Gasteiger partial charge in [-0.05, 0) is 29.3 Å². The lowest BCUT2D eigenvalue weighted by Crippen LogP contribution is -2.24. The standard InChI is InChI=1S/C23H19N3O/c27-23(25-20-14-8-3-9-15-20)26-21(16-17-24-26)22(18-10-4-1-5-11-18)19-12-6-2-7-13-19/h1-17,22H,(H,25,27). The number of rotatable bonds is 4. The third-order valence-electron chi connectivity index (χ3n) is 4.45. The number of amides is 1. The van der Waals surface area contributed by atoms with Gasteiger partial charge in [0.1, 0.15) is 0 Å². The van der Waals surface area contributed by atoms with Crippen LogP contribution in [0.1, 0.15) is 22.7 Å². The van der Waals surface area contributed by atoms with Gasteiger partial charge in [-0.3, -0.25) is 0 Å². The molecule has 1 amide bonds. The monoisotopic (exact) mass is 353 g/mol. The van der Waals surface area contributed by atoms with Crippen LogP contribution in [0.3, 0.4) is 0 Å². The van der Waals surface area contributed by atoms with Crippen LogP contribution in [0.15, 0.2) is 103 Å². The molecule has 4 heteroatoms. The maximum atomic E-state index is 12.9. The van der Waals surface area contributed by atoms with Gasteiger partial charge in [0.05, 0.1) is 11.6 Å². The molecule has 4 aromatic rings. The Hall–Kier alpha value is -3.66.